The van der Waals surface area contributed by atoms with E-state index in [1.54, 1.807) is 12.1 Å². The molecule has 1 fully saturated rings. The Labute approximate surface area is 157 Å². The molecule has 6 nitrogen and oxygen atoms in total. The number of nitrogens with zero attached hydrogens (tertiary/aromatic N) is 3. The van der Waals surface area contributed by atoms with Crippen LogP contribution in [0, 0.1) is 16.0 Å². The summed E-state index contributed by atoms with van der Waals surface area (Å²) in [6, 6.07) is 12.6. The molecule has 0 spiro atoms. The van der Waals surface area contributed by atoms with E-state index in [1.807, 2.05) is 30.3 Å². The molecule has 2 aliphatic heterocycles. The zero-order valence-corrected chi connectivity index (χ0v) is 15.2. The van der Waals surface area contributed by atoms with E-state index in [9.17, 15) is 14.9 Å². The number of rotatable bonds is 3. The van der Waals surface area contributed by atoms with Crippen molar-refractivity contribution in [2.24, 2.45) is 10.9 Å². The van der Waals surface area contributed by atoms with Crippen molar-refractivity contribution in [2.45, 2.75) is 19.8 Å². The number of hydrogen-bond donors (Lipinski definition) is 0. The molecule has 0 radical (unpaired) electrons. The Morgan fingerprint density at radius 1 is 1.19 bits per heavy atom. The van der Waals surface area contributed by atoms with Crippen LogP contribution in [0.5, 0.6) is 0 Å². The summed E-state index contributed by atoms with van der Waals surface area (Å²) in [5.41, 5.74) is 3.44. The normalized spacial score (nSPS) is 19.4. The van der Waals surface area contributed by atoms with Crippen molar-refractivity contribution in [2.75, 3.05) is 24.5 Å². The molecule has 1 atom stereocenters. The molecule has 4 rings (SSSR count). The van der Waals surface area contributed by atoms with Crippen LogP contribution in [0.3, 0.4) is 0 Å². The zero-order chi connectivity index (χ0) is 19.0. The Balaban J connectivity index is 1.76. The van der Waals surface area contributed by atoms with Crippen LogP contribution in [0.4, 0.5) is 11.4 Å². The van der Waals surface area contributed by atoms with E-state index < -0.39 is 0 Å². The van der Waals surface area contributed by atoms with Crippen molar-refractivity contribution < 1.29 is 9.72 Å². The molecule has 27 heavy (non-hydrogen) atoms. The summed E-state index contributed by atoms with van der Waals surface area (Å²) in [7, 11) is 0. The zero-order valence-electron chi connectivity index (χ0n) is 15.2. The van der Waals surface area contributed by atoms with Crippen molar-refractivity contribution in [3.05, 3.63) is 69.3 Å². The number of Topliss-reactive ketones (excluding diaryl/α,β-unsaturated/α-hetero) is 1. The number of carbonyl (C=O) groups is 1. The Morgan fingerprint density at radius 2 is 1.96 bits per heavy atom. The number of piperidine rings is 1. The number of hydrogen-bond acceptors (Lipinski definition) is 5. The lowest BCUT2D eigenvalue weighted by Crippen LogP contribution is -2.34. The minimum absolute atomic E-state index is 0.0252. The van der Waals surface area contributed by atoms with E-state index in [0.717, 1.165) is 31.5 Å². The molecule has 2 aromatic rings. The first kappa shape index (κ1) is 17.4. The van der Waals surface area contributed by atoms with Gasteiger partial charge in [0, 0.05) is 35.8 Å². The number of fused-ring (bicyclic) bond motifs is 1. The van der Waals surface area contributed by atoms with Gasteiger partial charge in [-0.3, -0.25) is 19.9 Å². The van der Waals surface area contributed by atoms with Crippen LogP contribution >= 0.6 is 0 Å². The van der Waals surface area contributed by atoms with Gasteiger partial charge in [-0.1, -0.05) is 37.3 Å². The average molecular weight is 363 g/mol. The lowest BCUT2D eigenvalue weighted by Gasteiger charge is -2.32. The Hall–Kier alpha value is -3.02. The minimum atomic E-state index is -0.321. The first-order valence-electron chi connectivity index (χ1n) is 9.25. The van der Waals surface area contributed by atoms with E-state index in [0.29, 0.717) is 28.4 Å². The Bertz CT molecular complexity index is 951. The third-order valence-corrected chi connectivity index (χ3v) is 5.31. The van der Waals surface area contributed by atoms with E-state index in [-0.39, 0.29) is 22.9 Å². The SMILES string of the molecule is CC1CCCN(c2ccc(C3=NCC(=O)c4ccccc43)cc2[N+](=O)[O-])C1. The molecular weight excluding hydrogens is 342 g/mol. The maximum Gasteiger partial charge on any atom is 0.293 e. The minimum Gasteiger partial charge on any atom is -0.366 e. The fraction of sp³-hybridized carbons (Fsp3) is 0.333. The maximum atomic E-state index is 12.1. The van der Waals surface area contributed by atoms with Crippen molar-refractivity contribution in [3.8, 4) is 0 Å². The molecule has 2 heterocycles. The van der Waals surface area contributed by atoms with Gasteiger partial charge >= 0.3 is 0 Å². The molecule has 2 aromatic carbocycles. The van der Waals surface area contributed by atoms with Gasteiger partial charge < -0.3 is 4.90 Å². The van der Waals surface area contributed by atoms with Crippen LogP contribution in [0.1, 0.15) is 41.3 Å². The third-order valence-electron chi connectivity index (χ3n) is 5.31. The monoisotopic (exact) mass is 363 g/mol. The summed E-state index contributed by atoms with van der Waals surface area (Å²) in [6.07, 6.45) is 2.20. The fourth-order valence-corrected chi connectivity index (χ4v) is 3.99. The molecule has 0 aliphatic carbocycles. The quantitative estimate of drug-likeness (QED) is 0.613. The number of nitro benzene ring substituents is 1. The lowest BCUT2D eigenvalue weighted by atomic mass is 9.92. The summed E-state index contributed by atoms with van der Waals surface area (Å²) in [5, 5.41) is 11.8. The highest BCUT2D eigenvalue weighted by Gasteiger charge is 2.27. The number of nitro groups is 1. The second kappa shape index (κ2) is 6.95. The van der Waals surface area contributed by atoms with Gasteiger partial charge in [-0.05, 0) is 24.8 Å². The van der Waals surface area contributed by atoms with Crippen LogP contribution < -0.4 is 4.90 Å². The van der Waals surface area contributed by atoms with Crippen molar-refractivity contribution in [1.82, 2.24) is 0 Å². The summed E-state index contributed by atoms with van der Waals surface area (Å²) >= 11 is 0. The van der Waals surface area contributed by atoms with Crippen molar-refractivity contribution >= 4 is 22.9 Å². The Kier molecular flexibility index (Phi) is 4.48. The highest BCUT2D eigenvalue weighted by Crippen LogP contribution is 2.33. The third kappa shape index (κ3) is 3.23. The molecule has 6 heteroatoms. The molecule has 138 valence electrons. The van der Waals surface area contributed by atoms with Gasteiger partial charge in [0.1, 0.15) is 12.2 Å². The first-order chi connectivity index (χ1) is 13.0. The predicted octanol–water partition coefficient (Wildman–Crippen LogP) is 3.86. The topological polar surface area (TPSA) is 75.8 Å². The highest BCUT2D eigenvalue weighted by molar-refractivity contribution is 6.22. The predicted molar refractivity (Wildman–Crippen MR) is 105 cm³/mol. The molecule has 0 bridgehead atoms. The smallest absolute Gasteiger partial charge is 0.293 e. The maximum absolute atomic E-state index is 12.1. The summed E-state index contributed by atoms with van der Waals surface area (Å²) in [4.78, 5) is 30.1. The molecule has 0 amide bonds. The molecule has 0 aromatic heterocycles. The van der Waals surface area contributed by atoms with Gasteiger partial charge in [0.05, 0.1) is 10.6 Å². The average Bonchev–Trinajstić information content (AvgIpc) is 2.68. The number of anilines is 1. The number of benzene rings is 2. The van der Waals surface area contributed by atoms with Crippen molar-refractivity contribution in [1.29, 1.82) is 0 Å². The highest BCUT2D eigenvalue weighted by atomic mass is 16.6. The van der Waals surface area contributed by atoms with Gasteiger partial charge in [-0.15, -0.1) is 0 Å². The fourth-order valence-electron chi connectivity index (χ4n) is 3.99. The molecule has 2 aliphatic rings. The van der Waals surface area contributed by atoms with Crippen LogP contribution in [0.2, 0.25) is 0 Å². The number of ketones is 1. The van der Waals surface area contributed by atoms with E-state index in [4.69, 9.17) is 0 Å². The molecular formula is C21H21N3O3. The van der Waals surface area contributed by atoms with Crippen LogP contribution in [0.15, 0.2) is 47.5 Å². The van der Waals surface area contributed by atoms with Gasteiger partial charge in [0.15, 0.2) is 5.78 Å². The largest absolute Gasteiger partial charge is 0.366 e. The lowest BCUT2D eigenvalue weighted by molar-refractivity contribution is -0.384. The van der Waals surface area contributed by atoms with E-state index in [1.165, 1.54) is 0 Å². The molecule has 0 saturated carbocycles. The van der Waals surface area contributed by atoms with Gasteiger partial charge in [-0.2, -0.15) is 0 Å². The second-order valence-electron chi connectivity index (χ2n) is 7.29. The van der Waals surface area contributed by atoms with Crippen LogP contribution in [-0.2, 0) is 0 Å². The molecule has 1 unspecified atom stereocenters. The number of carbonyl (C=O) groups excluding carboxylic acids is 1. The first-order valence-corrected chi connectivity index (χ1v) is 9.25. The van der Waals surface area contributed by atoms with Crippen LogP contribution in [0.25, 0.3) is 0 Å². The Morgan fingerprint density at radius 3 is 2.70 bits per heavy atom. The van der Waals surface area contributed by atoms with E-state index in [2.05, 4.69) is 16.8 Å². The molecule has 0 N–H and O–H groups in total. The van der Waals surface area contributed by atoms with Crippen molar-refractivity contribution in [3.63, 3.8) is 0 Å². The number of aliphatic imine (C=N–C) groups is 1. The summed E-state index contributed by atoms with van der Waals surface area (Å²) in [6.45, 7) is 3.92. The van der Waals surface area contributed by atoms with Gasteiger partial charge in [0.25, 0.3) is 5.69 Å². The van der Waals surface area contributed by atoms with Crippen LogP contribution in [-0.4, -0.2) is 36.1 Å². The standard InChI is InChI=1S/C21H21N3O3/c1-14-5-4-10-23(13-14)18-9-8-15(11-19(18)24(26)27)21-17-7-3-2-6-16(17)20(25)12-22-21/h2-3,6-9,11,14H,4-5,10,12-13H2,1H3. The summed E-state index contributed by atoms with van der Waals surface area (Å²) in [5.74, 6) is 0.501. The van der Waals surface area contributed by atoms with Gasteiger partial charge in [-0.25, -0.2) is 0 Å². The van der Waals surface area contributed by atoms with E-state index >= 15 is 0 Å². The second-order valence-corrected chi connectivity index (χ2v) is 7.29. The summed E-state index contributed by atoms with van der Waals surface area (Å²) < 4.78 is 0. The molecule has 1 saturated heterocycles. The van der Waals surface area contributed by atoms with Gasteiger partial charge in [0.2, 0.25) is 0 Å².